The fourth-order valence-corrected chi connectivity index (χ4v) is 3.81. The molecule has 1 heterocycles. The van der Waals surface area contributed by atoms with Gasteiger partial charge in [-0.3, -0.25) is 4.99 Å². The first-order chi connectivity index (χ1) is 14.2. The summed E-state index contributed by atoms with van der Waals surface area (Å²) in [5.74, 6) is 1.17. The molecular weight excluding hydrogens is 362 g/mol. The number of methoxy groups -OCH3 is 1. The maximum absolute atomic E-state index is 5.82. The molecule has 5 heteroatoms. The predicted octanol–water partition coefficient (Wildman–Crippen LogP) is 3.37. The van der Waals surface area contributed by atoms with Crippen molar-refractivity contribution >= 4 is 5.96 Å². The van der Waals surface area contributed by atoms with Gasteiger partial charge in [0, 0.05) is 59.2 Å². The fourth-order valence-electron chi connectivity index (χ4n) is 3.81. The summed E-state index contributed by atoms with van der Waals surface area (Å²) in [6.07, 6.45) is 2.77. The van der Waals surface area contributed by atoms with E-state index in [1.54, 1.807) is 7.11 Å². The number of ether oxygens (including phenoxy) is 2. The third-order valence-corrected chi connectivity index (χ3v) is 5.75. The maximum atomic E-state index is 5.82. The van der Waals surface area contributed by atoms with Gasteiger partial charge in [0.25, 0.3) is 0 Å². The van der Waals surface area contributed by atoms with E-state index in [4.69, 9.17) is 9.47 Å². The molecule has 0 aromatic heterocycles. The molecule has 0 amide bonds. The van der Waals surface area contributed by atoms with Crippen LogP contribution < -0.4 is 10.6 Å². The van der Waals surface area contributed by atoms with Gasteiger partial charge in [-0.2, -0.15) is 0 Å². The zero-order valence-electron chi connectivity index (χ0n) is 17.6. The molecule has 1 fully saturated rings. The molecule has 5 nitrogen and oxygen atoms in total. The van der Waals surface area contributed by atoms with Crippen LogP contribution in [0.25, 0.3) is 0 Å². The number of guanidine groups is 1. The Hall–Kier alpha value is -2.37. The molecule has 156 valence electrons. The number of rotatable bonds is 8. The van der Waals surface area contributed by atoms with Crippen LogP contribution in [0.5, 0.6) is 0 Å². The van der Waals surface area contributed by atoms with Crippen LogP contribution in [-0.2, 0) is 15.9 Å². The van der Waals surface area contributed by atoms with Gasteiger partial charge in [-0.1, -0.05) is 60.7 Å². The summed E-state index contributed by atoms with van der Waals surface area (Å²) in [4.78, 5) is 4.42. The van der Waals surface area contributed by atoms with Crippen LogP contribution in [0.15, 0.2) is 65.7 Å². The molecule has 0 spiro atoms. The van der Waals surface area contributed by atoms with E-state index in [2.05, 4.69) is 76.3 Å². The summed E-state index contributed by atoms with van der Waals surface area (Å²) in [5, 5.41) is 6.98. The Morgan fingerprint density at radius 1 is 1.03 bits per heavy atom. The third kappa shape index (κ3) is 6.31. The number of hydrogen-bond acceptors (Lipinski definition) is 3. The molecule has 2 aromatic rings. The number of aliphatic imine (C=N–C) groups is 1. The lowest BCUT2D eigenvalue weighted by Crippen LogP contribution is -2.51. The molecule has 2 aromatic carbocycles. The highest BCUT2D eigenvalue weighted by molar-refractivity contribution is 5.79. The Labute approximate surface area is 174 Å². The van der Waals surface area contributed by atoms with Gasteiger partial charge in [-0.15, -0.1) is 0 Å². The van der Waals surface area contributed by atoms with Crippen molar-refractivity contribution < 1.29 is 9.47 Å². The van der Waals surface area contributed by atoms with E-state index in [1.165, 1.54) is 11.1 Å². The molecule has 3 rings (SSSR count). The van der Waals surface area contributed by atoms with Gasteiger partial charge in [-0.25, -0.2) is 0 Å². The van der Waals surface area contributed by atoms with Crippen LogP contribution in [0.1, 0.15) is 29.9 Å². The molecule has 0 saturated carbocycles. The van der Waals surface area contributed by atoms with Gasteiger partial charge in [0.1, 0.15) is 0 Å². The molecule has 0 radical (unpaired) electrons. The lowest BCUT2D eigenvalue weighted by molar-refractivity contribution is -0.0855. The number of hydrogen-bond donors (Lipinski definition) is 2. The summed E-state index contributed by atoms with van der Waals surface area (Å²) in [6, 6.07) is 21.3. The summed E-state index contributed by atoms with van der Waals surface area (Å²) < 4.78 is 11.3. The van der Waals surface area contributed by atoms with Crippen molar-refractivity contribution in [3.63, 3.8) is 0 Å². The van der Waals surface area contributed by atoms with Crippen molar-refractivity contribution in [1.29, 1.82) is 0 Å². The average Bonchev–Trinajstić information content (AvgIpc) is 2.80. The molecule has 2 N–H and O–H groups in total. The minimum absolute atomic E-state index is 0.182. The number of nitrogens with zero attached hydrogens (tertiary/aromatic N) is 1. The van der Waals surface area contributed by atoms with Crippen LogP contribution in [0.3, 0.4) is 0 Å². The summed E-state index contributed by atoms with van der Waals surface area (Å²) in [5.41, 5.74) is 2.49. The minimum atomic E-state index is -0.182. The average molecular weight is 396 g/mol. The van der Waals surface area contributed by atoms with Gasteiger partial charge in [0.2, 0.25) is 0 Å². The van der Waals surface area contributed by atoms with Crippen LogP contribution in [-0.4, -0.2) is 52.0 Å². The van der Waals surface area contributed by atoms with Crippen LogP contribution in [0.2, 0.25) is 0 Å². The monoisotopic (exact) mass is 395 g/mol. The second-order valence-corrected chi connectivity index (χ2v) is 7.60. The van der Waals surface area contributed by atoms with E-state index in [1.807, 2.05) is 7.05 Å². The van der Waals surface area contributed by atoms with E-state index in [0.717, 1.165) is 51.5 Å². The Morgan fingerprint density at radius 3 is 2.31 bits per heavy atom. The van der Waals surface area contributed by atoms with Gasteiger partial charge in [0.15, 0.2) is 5.96 Å². The predicted molar refractivity (Wildman–Crippen MR) is 118 cm³/mol. The van der Waals surface area contributed by atoms with Crippen molar-refractivity contribution in [2.45, 2.75) is 30.8 Å². The second-order valence-electron chi connectivity index (χ2n) is 7.60. The Morgan fingerprint density at radius 2 is 1.69 bits per heavy atom. The van der Waals surface area contributed by atoms with Gasteiger partial charge >= 0.3 is 0 Å². The number of nitrogens with one attached hydrogen (secondary N) is 2. The van der Waals surface area contributed by atoms with Gasteiger partial charge in [-0.05, 0) is 17.5 Å². The van der Waals surface area contributed by atoms with Crippen molar-refractivity contribution in [2.24, 2.45) is 4.99 Å². The third-order valence-electron chi connectivity index (χ3n) is 5.75. The quantitative estimate of drug-likeness (QED) is 0.532. The van der Waals surface area contributed by atoms with Crippen LogP contribution >= 0.6 is 0 Å². The van der Waals surface area contributed by atoms with Crippen molar-refractivity contribution in [3.8, 4) is 0 Å². The Bertz CT molecular complexity index is 743. The zero-order valence-corrected chi connectivity index (χ0v) is 17.6. The maximum Gasteiger partial charge on any atom is 0.191 e. The lowest BCUT2D eigenvalue weighted by atomic mass is 9.92. The zero-order chi connectivity index (χ0) is 20.4. The molecule has 29 heavy (non-hydrogen) atoms. The summed E-state index contributed by atoms with van der Waals surface area (Å²) in [7, 11) is 3.60. The first-order valence-electron chi connectivity index (χ1n) is 10.4. The minimum Gasteiger partial charge on any atom is -0.381 e. The van der Waals surface area contributed by atoms with E-state index < -0.39 is 0 Å². The normalized spacial score (nSPS) is 17.5. The van der Waals surface area contributed by atoms with Crippen molar-refractivity contribution in [1.82, 2.24) is 10.6 Å². The summed E-state index contributed by atoms with van der Waals surface area (Å²) >= 11 is 0. The van der Waals surface area contributed by atoms with Crippen molar-refractivity contribution in [3.05, 3.63) is 71.8 Å². The highest BCUT2D eigenvalue weighted by Crippen LogP contribution is 2.23. The lowest BCUT2D eigenvalue weighted by Gasteiger charge is -2.36. The van der Waals surface area contributed by atoms with Crippen LogP contribution in [0, 0.1) is 0 Å². The molecule has 1 saturated heterocycles. The molecule has 1 aliphatic heterocycles. The fraction of sp³-hybridized carbons (Fsp3) is 0.458. The molecule has 0 aliphatic carbocycles. The largest absolute Gasteiger partial charge is 0.381 e. The highest BCUT2D eigenvalue weighted by Gasteiger charge is 2.32. The van der Waals surface area contributed by atoms with E-state index in [-0.39, 0.29) is 5.60 Å². The van der Waals surface area contributed by atoms with E-state index >= 15 is 0 Å². The molecule has 1 atom stereocenters. The molecular formula is C24H33N3O2. The van der Waals surface area contributed by atoms with Gasteiger partial charge < -0.3 is 20.1 Å². The molecule has 1 aliphatic rings. The Kier molecular flexibility index (Phi) is 8.08. The first-order valence-corrected chi connectivity index (χ1v) is 10.4. The second kappa shape index (κ2) is 11.0. The summed E-state index contributed by atoms with van der Waals surface area (Å²) in [6.45, 7) is 3.02. The van der Waals surface area contributed by atoms with Crippen LogP contribution in [0.4, 0.5) is 0 Å². The Balaban J connectivity index is 1.61. The SMILES string of the molecule is CN=C(NCC(Cc1ccccc1)c1ccccc1)NCC1(OC)CCOCC1. The van der Waals surface area contributed by atoms with Gasteiger partial charge in [0.05, 0.1) is 5.60 Å². The number of benzene rings is 2. The van der Waals surface area contributed by atoms with Crippen molar-refractivity contribution in [2.75, 3.05) is 40.5 Å². The molecule has 0 bridgehead atoms. The van der Waals surface area contributed by atoms with E-state index in [0.29, 0.717) is 5.92 Å². The smallest absolute Gasteiger partial charge is 0.191 e. The van der Waals surface area contributed by atoms with E-state index in [9.17, 15) is 0 Å². The topological polar surface area (TPSA) is 54.9 Å². The highest BCUT2D eigenvalue weighted by atomic mass is 16.5. The first kappa shape index (κ1) is 21.3. The molecule has 1 unspecified atom stereocenters. The standard InChI is InChI=1S/C24H33N3O2/c1-25-23(27-19-24(28-2)13-15-29-16-14-24)26-18-22(21-11-7-4-8-12-21)17-20-9-5-3-6-10-20/h3-12,22H,13-19H2,1-2H3,(H2,25,26,27).